The van der Waals surface area contributed by atoms with E-state index in [2.05, 4.69) is 11.8 Å². The second-order valence-electron chi connectivity index (χ2n) is 10.7. The molecule has 2 bridgehead atoms. The Kier molecular flexibility index (Phi) is 7.48. The Morgan fingerprint density at radius 1 is 1.08 bits per heavy atom. The van der Waals surface area contributed by atoms with Crippen molar-refractivity contribution in [2.24, 2.45) is 5.92 Å². The summed E-state index contributed by atoms with van der Waals surface area (Å²) in [6.07, 6.45) is 6.98. The minimum atomic E-state index is -3.79. The number of sulfonamides is 1. The number of hydrogen-bond donors (Lipinski definition) is 1. The lowest BCUT2D eigenvalue weighted by Gasteiger charge is -2.42. The van der Waals surface area contributed by atoms with E-state index in [0.717, 1.165) is 55.9 Å². The number of carbonyl (C=O) groups is 1. The van der Waals surface area contributed by atoms with Crippen molar-refractivity contribution < 1.29 is 22.3 Å². The van der Waals surface area contributed by atoms with E-state index in [1.54, 1.807) is 6.07 Å². The number of nitrogens with one attached hydrogen (secondary N) is 1. The van der Waals surface area contributed by atoms with E-state index in [-0.39, 0.29) is 17.5 Å². The molecule has 37 heavy (non-hydrogen) atoms. The molecule has 0 radical (unpaired) electrons. The van der Waals surface area contributed by atoms with Gasteiger partial charge in [-0.25, -0.2) is 17.5 Å². The molecule has 3 fully saturated rings. The lowest BCUT2D eigenvalue weighted by Crippen LogP contribution is -2.45. The van der Waals surface area contributed by atoms with E-state index in [1.165, 1.54) is 12.1 Å². The normalized spacial score (nSPS) is 24.6. The number of rotatable bonds is 8. The van der Waals surface area contributed by atoms with Crippen LogP contribution in [-0.2, 0) is 10.0 Å². The van der Waals surface area contributed by atoms with Crippen LogP contribution in [0.5, 0.6) is 5.75 Å². The number of carbonyl (C=O) groups excluding carboxylic acids is 1. The van der Waals surface area contributed by atoms with Gasteiger partial charge in [0.15, 0.2) is 0 Å². The summed E-state index contributed by atoms with van der Waals surface area (Å²) in [6, 6.07) is 9.48. The number of fused-ring (bicyclic) bond motifs is 2. The molecule has 10 heteroatoms. The molecule has 1 unspecified atom stereocenters. The van der Waals surface area contributed by atoms with Crippen LogP contribution in [0.3, 0.4) is 0 Å². The first-order chi connectivity index (χ1) is 17.5. The Morgan fingerprint density at radius 2 is 1.70 bits per heavy atom. The summed E-state index contributed by atoms with van der Waals surface area (Å²) in [6.45, 7) is 2.68. The number of ether oxygens (including phenoxy) is 1. The molecule has 200 valence electrons. The van der Waals surface area contributed by atoms with Crippen molar-refractivity contribution in [1.29, 1.82) is 0 Å². The molecule has 0 aromatic heterocycles. The van der Waals surface area contributed by atoms with Crippen LogP contribution in [-0.4, -0.2) is 44.2 Å². The van der Waals surface area contributed by atoms with E-state index in [0.29, 0.717) is 40.4 Å². The highest BCUT2D eigenvalue weighted by Gasteiger charge is 2.43. The van der Waals surface area contributed by atoms with Gasteiger partial charge in [0.25, 0.3) is 5.91 Å². The van der Waals surface area contributed by atoms with E-state index in [9.17, 15) is 17.6 Å². The first kappa shape index (κ1) is 26.7. The second kappa shape index (κ2) is 10.4. The molecule has 6 nitrogen and oxygen atoms in total. The monoisotopic (exact) mass is 568 g/mol. The van der Waals surface area contributed by atoms with Crippen LogP contribution in [0.15, 0.2) is 30.3 Å². The molecule has 2 aromatic rings. The summed E-state index contributed by atoms with van der Waals surface area (Å²) in [4.78, 5) is 14.9. The van der Waals surface area contributed by atoms with Gasteiger partial charge in [0.2, 0.25) is 10.0 Å². The highest BCUT2D eigenvalue weighted by atomic mass is 35.5. The molecule has 1 saturated carbocycles. The highest BCUT2D eigenvalue weighted by Crippen LogP contribution is 2.47. The number of piperidine rings is 1. The van der Waals surface area contributed by atoms with Crippen molar-refractivity contribution in [1.82, 2.24) is 9.62 Å². The van der Waals surface area contributed by atoms with Gasteiger partial charge in [0.05, 0.1) is 18.4 Å². The van der Waals surface area contributed by atoms with Crippen molar-refractivity contribution in [3.05, 3.63) is 62.9 Å². The summed E-state index contributed by atoms with van der Waals surface area (Å²) in [5, 5.41) is 1.28. The van der Waals surface area contributed by atoms with Crippen LogP contribution < -0.4 is 9.46 Å². The third-order valence-corrected chi connectivity index (χ3v) is 8.81. The largest absolute Gasteiger partial charge is 0.493 e. The van der Waals surface area contributed by atoms with Crippen LogP contribution >= 0.6 is 23.2 Å². The van der Waals surface area contributed by atoms with Gasteiger partial charge in [-0.15, -0.1) is 0 Å². The Bertz CT molecular complexity index is 1280. The molecule has 5 rings (SSSR count). The van der Waals surface area contributed by atoms with Gasteiger partial charge in [-0.3, -0.25) is 9.69 Å². The van der Waals surface area contributed by atoms with E-state index in [4.69, 9.17) is 27.9 Å². The van der Waals surface area contributed by atoms with Crippen molar-refractivity contribution in [3.63, 3.8) is 0 Å². The molecule has 2 aliphatic heterocycles. The van der Waals surface area contributed by atoms with Crippen molar-refractivity contribution >= 4 is 39.1 Å². The van der Waals surface area contributed by atoms with Crippen LogP contribution in [0.1, 0.15) is 78.9 Å². The average molecular weight is 570 g/mol. The van der Waals surface area contributed by atoms with Gasteiger partial charge in [0.1, 0.15) is 11.6 Å². The van der Waals surface area contributed by atoms with Crippen LogP contribution in [0.25, 0.3) is 0 Å². The van der Waals surface area contributed by atoms with E-state index >= 15 is 0 Å². The Hall–Kier alpha value is -1.87. The number of benzene rings is 2. The van der Waals surface area contributed by atoms with Crippen LogP contribution in [0, 0.1) is 11.7 Å². The zero-order chi connectivity index (χ0) is 26.5. The summed E-state index contributed by atoms with van der Waals surface area (Å²) < 4.78 is 45.8. The fourth-order valence-corrected chi connectivity index (χ4v) is 7.09. The van der Waals surface area contributed by atoms with Gasteiger partial charge in [-0.1, -0.05) is 23.2 Å². The molecule has 1 aliphatic carbocycles. The van der Waals surface area contributed by atoms with Gasteiger partial charge >= 0.3 is 0 Å². The number of nitrogens with zero attached hydrogens (tertiary/aromatic N) is 1. The molecule has 1 amide bonds. The predicted octanol–water partition coefficient (Wildman–Crippen LogP) is 6.08. The molecular weight excluding hydrogens is 538 g/mol. The van der Waals surface area contributed by atoms with Gasteiger partial charge < -0.3 is 4.74 Å². The first-order valence-electron chi connectivity index (χ1n) is 12.7. The van der Waals surface area contributed by atoms with Gasteiger partial charge in [-0.2, -0.15) is 0 Å². The fourth-order valence-electron chi connectivity index (χ4n) is 6.10. The lowest BCUT2D eigenvalue weighted by molar-refractivity contribution is 0.0492. The number of amides is 1. The number of hydrogen-bond acceptors (Lipinski definition) is 5. The molecule has 1 N–H and O–H groups in total. The third kappa shape index (κ3) is 6.08. The van der Waals surface area contributed by atoms with Crippen molar-refractivity contribution in [2.45, 2.75) is 69.5 Å². The molecular formula is C27H31Cl2FN2O4S. The topological polar surface area (TPSA) is 75.7 Å². The zero-order valence-corrected chi connectivity index (χ0v) is 23.2. The predicted molar refractivity (Wildman–Crippen MR) is 142 cm³/mol. The fraction of sp³-hybridized carbons (Fsp3) is 0.519. The minimum absolute atomic E-state index is 0.198. The third-order valence-electron chi connectivity index (χ3n) is 7.82. The van der Waals surface area contributed by atoms with Crippen molar-refractivity contribution in [2.75, 3.05) is 12.9 Å². The molecule has 0 spiro atoms. The van der Waals surface area contributed by atoms with Crippen molar-refractivity contribution in [3.8, 4) is 5.75 Å². The maximum absolute atomic E-state index is 14.8. The van der Waals surface area contributed by atoms with Gasteiger partial charge in [0, 0.05) is 34.2 Å². The van der Waals surface area contributed by atoms with E-state index < -0.39 is 21.7 Å². The Morgan fingerprint density at radius 3 is 2.27 bits per heavy atom. The van der Waals surface area contributed by atoms with Crippen LogP contribution in [0.2, 0.25) is 10.0 Å². The molecule has 2 saturated heterocycles. The standard InChI is InChI=1S/C27H31Cl2FN2O4S/c1-15(18-9-19(28)11-20(29)10-18)32-21-5-6-22(32)8-16(7-21)14-36-26-13-25(30)24(12-23(26)17-3-4-17)27(33)31-37(2,34)35/h9-13,15-17,21-22H,3-8,14H2,1-2H3,(H,31,33)/t15-,16?,21-,22+/m1/s1. The average Bonchev–Trinajstić information content (AvgIpc) is 3.60. The SMILES string of the molecule is C[C@H](c1cc(Cl)cc(Cl)c1)N1[C@@H]2CC[C@H]1CC(COc1cc(F)c(C(=O)NS(C)(=O)=O)cc1C1CC1)C2. The molecule has 4 atom stereocenters. The quantitative estimate of drug-likeness (QED) is 0.417. The summed E-state index contributed by atoms with van der Waals surface area (Å²) >= 11 is 12.5. The first-order valence-corrected chi connectivity index (χ1v) is 15.3. The molecule has 2 aromatic carbocycles. The van der Waals surface area contributed by atoms with Gasteiger partial charge in [-0.05, 0) is 92.7 Å². The number of halogens is 3. The van der Waals surface area contributed by atoms with Crippen LogP contribution in [0.4, 0.5) is 4.39 Å². The summed E-state index contributed by atoms with van der Waals surface area (Å²) in [7, 11) is -3.79. The smallest absolute Gasteiger partial charge is 0.267 e. The molecule has 2 heterocycles. The minimum Gasteiger partial charge on any atom is -0.493 e. The molecule has 3 aliphatic rings. The lowest BCUT2D eigenvalue weighted by atomic mass is 9.89. The Balaban J connectivity index is 1.27. The maximum Gasteiger partial charge on any atom is 0.267 e. The summed E-state index contributed by atoms with van der Waals surface area (Å²) in [5.74, 6) is -0.763. The Labute approximate surface area is 227 Å². The highest BCUT2D eigenvalue weighted by molar-refractivity contribution is 7.89. The maximum atomic E-state index is 14.8. The second-order valence-corrected chi connectivity index (χ2v) is 13.3. The summed E-state index contributed by atoms with van der Waals surface area (Å²) in [5.41, 5.74) is 1.61. The van der Waals surface area contributed by atoms with E-state index in [1.807, 2.05) is 16.9 Å². The zero-order valence-electron chi connectivity index (χ0n) is 20.8.